The first-order chi connectivity index (χ1) is 4.50. The Balaban J connectivity index is 5.08. The molecule has 2 N–H and O–H groups in total. The summed E-state index contributed by atoms with van der Waals surface area (Å²) in [5.74, 6) is 0. The van der Waals surface area contributed by atoms with Gasteiger partial charge in [0.05, 0.1) is 0 Å². The van der Waals surface area contributed by atoms with E-state index in [1.54, 1.807) is 0 Å². The standard InChI is InChI=1S/C4H8F2O4S/c1-3(2,7)4(5,6)11(8,9)10/h7H,1-2H3,(H,8,9,10). The molecule has 0 amide bonds. The van der Waals surface area contributed by atoms with Crippen LogP contribution in [0.3, 0.4) is 0 Å². The Labute approximate surface area is 62.6 Å². The zero-order valence-electron chi connectivity index (χ0n) is 5.88. The summed E-state index contributed by atoms with van der Waals surface area (Å²) in [5.41, 5.74) is -2.79. The molecule has 0 radical (unpaired) electrons. The molecule has 7 heteroatoms. The predicted molar refractivity (Wildman–Crippen MR) is 32.8 cm³/mol. The van der Waals surface area contributed by atoms with Crippen LogP contribution in [-0.2, 0) is 10.1 Å². The second-order valence-corrected chi connectivity index (χ2v) is 4.01. The predicted octanol–water partition coefficient (Wildman–Crippen LogP) is 0.238. The van der Waals surface area contributed by atoms with Crippen LogP contribution in [0.5, 0.6) is 0 Å². The molecule has 4 nitrogen and oxygen atoms in total. The van der Waals surface area contributed by atoms with Gasteiger partial charge in [-0.25, -0.2) is 0 Å². The number of halogens is 2. The average Bonchev–Trinajstić information content (AvgIpc) is 1.58. The number of alkyl halides is 2. The third kappa shape index (κ3) is 1.85. The fraction of sp³-hybridized carbons (Fsp3) is 1.00. The molecule has 0 bridgehead atoms. The zero-order valence-corrected chi connectivity index (χ0v) is 6.69. The number of rotatable bonds is 2. The lowest BCUT2D eigenvalue weighted by Crippen LogP contribution is -2.48. The minimum atomic E-state index is -5.54. The number of aliphatic hydroxyl groups is 1. The molecule has 11 heavy (non-hydrogen) atoms. The largest absolute Gasteiger partial charge is 0.397 e. The molecule has 0 spiro atoms. The summed E-state index contributed by atoms with van der Waals surface area (Å²) in [4.78, 5) is 0. The van der Waals surface area contributed by atoms with Crippen LogP contribution in [-0.4, -0.2) is 28.9 Å². The minimum absolute atomic E-state index is 0.584. The van der Waals surface area contributed by atoms with Gasteiger partial charge >= 0.3 is 15.4 Å². The van der Waals surface area contributed by atoms with E-state index in [4.69, 9.17) is 9.66 Å². The normalized spacial score (nSPS) is 15.1. The van der Waals surface area contributed by atoms with Gasteiger partial charge < -0.3 is 5.11 Å². The van der Waals surface area contributed by atoms with Crippen LogP contribution >= 0.6 is 0 Å². The summed E-state index contributed by atoms with van der Waals surface area (Å²) in [5, 5.41) is 4.05. The Bertz CT molecular complexity index is 237. The molecule has 0 atom stereocenters. The van der Waals surface area contributed by atoms with E-state index < -0.39 is 21.0 Å². The molecule has 0 aliphatic rings. The van der Waals surface area contributed by atoms with Gasteiger partial charge in [0.25, 0.3) is 0 Å². The molecule has 0 heterocycles. The third-order valence-corrected chi connectivity index (χ3v) is 2.18. The molecule has 0 aromatic rings. The molecule has 0 aliphatic heterocycles. The highest BCUT2D eigenvalue weighted by atomic mass is 32.2. The molecular formula is C4H8F2O4S. The fourth-order valence-corrected chi connectivity index (χ4v) is 0.947. The first kappa shape index (κ1) is 10.7. The van der Waals surface area contributed by atoms with Crippen molar-refractivity contribution in [2.45, 2.75) is 24.7 Å². The van der Waals surface area contributed by atoms with Crippen molar-refractivity contribution < 1.29 is 26.9 Å². The Morgan fingerprint density at radius 1 is 1.27 bits per heavy atom. The molecule has 0 rings (SSSR count). The van der Waals surface area contributed by atoms with Gasteiger partial charge in [-0.1, -0.05) is 0 Å². The Morgan fingerprint density at radius 3 is 1.55 bits per heavy atom. The van der Waals surface area contributed by atoms with Crippen LogP contribution in [0.2, 0.25) is 0 Å². The summed E-state index contributed by atoms with van der Waals surface area (Å²) in [7, 11) is -5.54. The molecule has 0 saturated carbocycles. The maximum atomic E-state index is 12.3. The molecule has 0 aromatic carbocycles. The third-order valence-electron chi connectivity index (χ3n) is 1.04. The minimum Gasteiger partial charge on any atom is -0.383 e. The lowest BCUT2D eigenvalue weighted by Gasteiger charge is -2.25. The van der Waals surface area contributed by atoms with E-state index in [1.165, 1.54) is 0 Å². The van der Waals surface area contributed by atoms with E-state index >= 15 is 0 Å². The quantitative estimate of drug-likeness (QED) is 0.611. The van der Waals surface area contributed by atoms with Gasteiger partial charge in [-0.3, -0.25) is 4.55 Å². The molecule has 0 aromatic heterocycles. The van der Waals surface area contributed by atoms with Crippen molar-refractivity contribution in [2.75, 3.05) is 0 Å². The Hall–Kier alpha value is -0.270. The van der Waals surface area contributed by atoms with Crippen LogP contribution in [0.25, 0.3) is 0 Å². The van der Waals surface area contributed by atoms with Crippen molar-refractivity contribution >= 4 is 10.1 Å². The van der Waals surface area contributed by atoms with Gasteiger partial charge in [0.2, 0.25) is 0 Å². The number of hydrogen-bond acceptors (Lipinski definition) is 3. The Kier molecular flexibility index (Phi) is 2.30. The highest BCUT2D eigenvalue weighted by Gasteiger charge is 2.56. The van der Waals surface area contributed by atoms with Crippen molar-refractivity contribution in [1.29, 1.82) is 0 Å². The monoisotopic (exact) mass is 190 g/mol. The molecule has 68 valence electrons. The van der Waals surface area contributed by atoms with E-state index in [0.717, 1.165) is 0 Å². The van der Waals surface area contributed by atoms with Gasteiger partial charge in [-0.15, -0.1) is 0 Å². The molecule has 0 aliphatic carbocycles. The van der Waals surface area contributed by atoms with Crippen molar-refractivity contribution in [3.63, 3.8) is 0 Å². The topological polar surface area (TPSA) is 74.6 Å². The lowest BCUT2D eigenvalue weighted by atomic mass is 10.1. The second kappa shape index (κ2) is 2.36. The first-order valence-electron chi connectivity index (χ1n) is 2.57. The second-order valence-electron chi connectivity index (χ2n) is 2.55. The first-order valence-corrected chi connectivity index (χ1v) is 4.01. The summed E-state index contributed by atoms with van der Waals surface area (Å²) < 4.78 is 52.5. The molecular weight excluding hydrogens is 182 g/mol. The average molecular weight is 190 g/mol. The van der Waals surface area contributed by atoms with Gasteiger partial charge in [-0.05, 0) is 13.8 Å². The summed E-state index contributed by atoms with van der Waals surface area (Å²) in [6.45, 7) is 1.17. The van der Waals surface area contributed by atoms with Crippen LogP contribution in [0.15, 0.2) is 0 Å². The van der Waals surface area contributed by atoms with E-state index in [-0.39, 0.29) is 0 Å². The van der Waals surface area contributed by atoms with Gasteiger partial charge in [0.1, 0.15) is 5.60 Å². The van der Waals surface area contributed by atoms with Crippen molar-refractivity contribution in [3.8, 4) is 0 Å². The van der Waals surface area contributed by atoms with E-state index in [1.807, 2.05) is 0 Å². The van der Waals surface area contributed by atoms with Gasteiger partial charge in [-0.2, -0.15) is 17.2 Å². The maximum absolute atomic E-state index is 12.3. The van der Waals surface area contributed by atoms with Crippen molar-refractivity contribution in [2.24, 2.45) is 0 Å². The van der Waals surface area contributed by atoms with Crippen molar-refractivity contribution in [1.82, 2.24) is 0 Å². The van der Waals surface area contributed by atoms with E-state index in [2.05, 4.69) is 0 Å². The molecule has 0 saturated heterocycles. The van der Waals surface area contributed by atoms with Crippen LogP contribution in [0.4, 0.5) is 8.78 Å². The van der Waals surface area contributed by atoms with Crippen LogP contribution in [0, 0.1) is 0 Å². The summed E-state index contributed by atoms with van der Waals surface area (Å²) in [6.07, 6.45) is 0. The summed E-state index contributed by atoms with van der Waals surface area (Å²) in [6, 6.07) is 0. The lowest BCUT2D eigenvalue weighted by molar-refractivity contribution is -0.106. The zero-order chi connectivity index (χ0) is 9.50. The van der Waals surface area contributed by atoms with Crippen LogP contribution < -0.4 is 0 Å². The molecule has 0 unspecified atom stereocenters. The van der Waals surface area contributed by atoms with Crippen molar-refractivity contribution in [3.05, 3.63) is 0 Å². The van der Waals surface area contributed by atoms with E-state index in [0.29, 0.717) is 13.8 Å². The van der Waals surface area contributed by atoms with Crippen LogP contribution in [0.1, 0.15) is 13.8 Å². The maximum Gasteiger partial charge on any atom is 0.397 e. The Morgan fingerprint density at radius 2 is 1.55 bits per heavy atom. The highest BCUT2D eigenvalue weighted by molar-refractivity contribution is 7.87. The molecule has 0 fully saturated rings. The van der Waals surface area contributed by atoms with Gasteiger partial charge in [0.15, 0.2) is 0 Å². The summed E-state index contributed by atoms with van der Waals surface area (Å²) >= 11 is 0. The fourth-order valence-electron chi connectivity index (χ4n) is 0.316. The number of hydrogen-bond donors (Lipinski definition) is 2. The van der Waals surface area contributed by atoms with Gasteiger partial charge in [0, 0.05) is 0 Å². The highest BCUT2D eigenvalue weighted by Crippen LogP contribution is 2.32. The van der Waals surface area contributed by atoms with E-state index in [9.17, 15) is 17.2 Å². The smallest absolute Gasteiger partial charge is 0.383 e. The SMILES string of the molecule is CC(C)(O)C(F)(F)S(=O)(=O)O.